The quantitative estimate of drug-likeness (QED) is 0.853. The Morgan fingerprint density at radius 1 is 1.22 bits per heavy atom. The van der Waals surface area contributed by atoms with Gasteiger partial charge in [-0.05, 0) is 31.2 Å². The van der Waals surface area contributed by atoms with E-state index in [4.69, 9.17) is 0 Å². The normalized spacial score (nSPS) is 11.3. The number of benzene rings is 1. The average molecular weight is 260 g/mol. The SMILES string of the molecule is CNCC(=O)Nc1ccc(CCC(F)(F)F)cc1. The molecule has 0 atom stereocenters. The molecule has 0 radical (unpaired) electrons. The number of likely N-dealkylation sites (N-methyl/N-ethyl adjacent to an activating group) is 1. The van der Waals surface area contributed by atoms with Crippen LogP contribution in [-0.4, -0.2) is 25.7 Å². The van der Waals surface area contributed by atoms with Crippen LogP contribution >= 0.6 is 0 Å². The number of hydrogen-bond acceptors (Lipinski definition) is 2. The van der Waals surface area contributed by atoms with Gasteiger partial charge in [0.1, 0.15) is 0 Å². The summed E-state index contributed by atoms with van der Waals surface area (Å²) in [5.74, 6) is -0.194. The first-order valence-electron chi connectivity index (χ1n) is 5.51. The molecule has 3 nitrogen and oxygen atoms in total. The van der Waals surface area contributed by atoms with Gasteiger partial charge in [-0.15, -0.1) is 0 Å². The highest BCUT2D eigenvalue weighted by Gasteiger charge is 2.26. The molecule has 100 valence electrons. The van der Waals surface area contributed by atoms with Crippen LogP contribution in [0, 0.1) is 0 Å². The Hall–Kier alpha value is -1.56. The van der Waals surface area contributed by atoms with Crippen LogP contribution in [0.1, 0.15) is 12.0 Å². The van der Waals surface area contributed by atoms with Crippen molar-refractivity contribution in [1.82, 2.24) is 5.32 Å². The van der Waals surface area contributed by atoms with E-state index in [1.807, 2.05) is 0 Å². The van der Waals surface area contributed by atoms with Gasteiger partial charge in [0, 0.05) is 12.1 Å². The Balaban J connectivity index is 2.50. The number of amides is 1. The number of hydrogen-bond donors (Lipinski definition) is 2. The van der Waals surface area contributed by atoms with Crippen LogP contribution in [0.15, 0.2) is 24.3 Å². The summed E-state index contributed by atoms with van der Waals surface area (Å²) in [6, 6.07) is 6.36. The lowest BCUT2D eigenvalue weighted by Crippen LogP contribution is -2.24. The first kappa shape index (κ1) is 14.5. The van der Waals surface area contributed by atoms with Gasteiger partial charge in [-0.2, -0.15) is 13.2 Å². The van der Waals surface area contributed by atoms with Gasteiger partial charge in [0.05, 0.1) is 6.54 Å². The summed E-state index contributed by atoms with van der Waals surface area (Å²) in [5, 5.41) is 5.32. The summed E-state index contributed by atoms with van der Waals surface area (Å²) in [6.07, 6.45) is -5.02. The summed E-state index contributed by atoms with van der Waals surface area (Å²) in [7, 11) is 1.65. The van der Waals surface area contributed by atoms with E-state index in [0.29, 0.717) is 11.3 Å². The van der Waals surface area contributed by atoms with Crippen molar-refractivity contribution in [3.05, 3.63) is 29.8 Å². The third-order valence-corrected chi connectivity index (χ3v) is 2.27. The number of aryl methyl sites for hydroxylation is 1. The van der Waals surface area contributed by atoms with Gasteiger partial charge in [0.25, 0.3) is 0 Å². The van der Waals surface area contributed by atoms with E-state index in [1.165, 1.54) is 0 Å². The van der Waals surface area contributed by atoms with Crippen molar-refractivity contribution in [2.24, 2.45) is 0 Å². The molecular formula is C12H15F3N2O. The zero-order valence-corrected chi connectivity index (χ0v) is 9.97. The number of carbonyl (C=O) groups excluding carboxylic acids is 1. The molecule has 0 unspecified atom stereocenters. The number of alkyl halides is 3. The number of rotatable bonds is 5. The molecule has 1 aromatic carbocycles. The summed E-state index contributed by atoms with van der Waals surface area (Å²) < 4.78 is 36.0. The van der Waals surface area contributed by atoms with E-state index >= 15 is 0 Å². The molecule has 0 aromatic heterocycles. The Labute approximate surface area is 103 Å². The molecule has 0 aliphatic rings. The minimum Gasteiger partial charge on any atom is -0.325 e. The first-order valence-corrected chi connectivity index (χ1v) is 5.51. The van der Waals surface area contributed by atoms with Gasteiger partial charge in [-0.3, -0.25) is 4.79 Å². The fourth-order valence-corrected chi connectivity index (χ4v) is 1.41. The van der Waals surface area contributed by atoms with E-state index < -0.39 is 12.6 Å². The van der Waals surface area contributed by atoms with E-state index in [-0.39, 0.29) is 18.9 Å². The van der Waals surface area contributed by atoms with Crippen molar-refractivity contribution < 1.29 is 18.0 Å². The summed E-state index contributed by atoms with van der Waals surface area (Å²) >= 11 is 0. The molecule has 0 spiro atoms. The molecule has 18 heavy (non-hydrogen) atoms. The maximum atomic E-state index is 12.0. The van der Waals surface area contributed by atoms with Crippen molar-refractivity contribution in [1.29, 1.82) is 0 Å². The van der Waals surface area contributed by atoms with Gasteiger partial charge < -0.3 is 10.6 Å². The highest BCUT2D eigenvalue weighted by Crippen LogP contribution is 2.22. The van der Waals surface area contributed by atoms with Gasteiger partial charge in [0.15, 0.2) is 0 Å². The molecule has 0 aliphatic carbocycles. The Kier molecular flexibility index (Phi) is 5.15. The Bertz CT molecular complexity index is 387. The van der Waals surface area contributed by atoms with Crippen LogP contribution in [0.25, 0.3) is 0 Å². The van der Waals surface area contributed by atoms with Crippen LogP contribution in [0.3, 0.4) is 0 Å². The number of anilines is 1. The lowest BCUT2D eigenvalue weighted by Gasteiger charge is -2.08. The van der Waals surface area contributed by atoms with E-state index in [1.54, 1.807) is 31.3 Å². The van der Waals surface area contributed by atoms with Crippen molar-refractivity contribution in [2.75, 3.05) is 18.9 Å². The maximum absolute atomic E-state index is 12.0. The first-order chi connectivity index (χ1) is 8.40. The zero-order valence-electron chi connectivity index (χ0n) is 9.97. The monoisotopic (exact) mass is 260 g/mol. The largest absolute Gasteiger partial charge is 0.389 e. The van der Waals surface area contributed by atoms with Crippen LogP contribution in [0.4, 0.5) is 18.9 Å². The second-order valence-corrected chi connectivity index (χ2v) is 3.89. The Morgan fingerprint density at radius 3 is 2.33 bits per heavy atom. The lowest BCUT2D eigenvalue weighted by molar-refractivity contribution is -0.134. The standard InChI is InChI=1S/C12H15F3N2O/c1-16-8-11(18)17-10-4-2-9(3-5-10)6-7-12(13,14)15/h2-5,16H,6-8H2,1H3,(H,17,18). The van der Waals surface area contributed by atoms with Crippen molar-refractivity contribution in [3.8, 4) is 0 Å². The number of halogens is 3. The fraction of sp³-hybridized carbons (Fsp3) is 0.417. The van der Waals surface area contributed by atoms with E-state index in [0.717, 1.165) is 0 Å². The van der Waals surface area contributed by atoms with Crippen molar-refractivity contribution in [2.45, 2.75) is 19.0 Å². The molecule has 0 saturated carbocycles. The summed E-state index contributed by atoms with van der Waals surface area (Å²) in [5.41, 5.74) is 1.17. The van der Waals surface area contributed by atoms with E-state index in [2.05, 4.69) is 10.6 Å². The van der Waals surface area contributed by atoms with Crippen molar-refractivity contribution >= 4 is 11.6 Å². The lowest BCUT2D eigenvalue weighted by atomic mass is 10.1. The highest BCUT2D eigenvalue weighted by molar-refractivity contribution is 5.92. The zero-order chi connectivity index (χ0) is 13.6. The van der Waals surface area contributed by atoms with Crippen molar-refractivity contribution in [3.63, 3.8) is 0 Å². The molecule has 0 saturated heterocycles. The summed E-state index contributed by atoms with van der Waals surface area (Å²) in [6.45, 7) is 0.190. The van der Waals surface area contributed by atoms with Gasteiger partial charge >= 0.3 is 6.18 Å². The smallest absolute Gasteiger partial charge is 0.325 e. The Morgan fingerprint density at radius 2 is 1.83 bits per heavy atom. The predicted molar refractivity (Wildman–Crippen MR) is 63.4 cm³/mol. The van der Waals surface area contributed by atoms with E-state index in [9.17, 15) is 18.0 Å². The van der Waals surface area contributed by atoms with Crippen LogP contribution in [0.5, 0.6) is 0 Å². The van der Waals surface area contributed by atoms with Crippen LogP contribution in [-0.2, 0) is 11.2 Å². The second kappa shape index (κ2) is 6.39. The summed E-state index contributed by atoms with van der Waals surface area (Å²) in [4.78, 5) is 11.2. The molecule has 2 N–H and O–H groups in total. The van der Waals surface area contributed by atoms with Crippen LogP contribution in [0.2, 0.25) is 0 Å². The second-order valence-electron chi connectivity index (χ2n) is 3.89. The molecule has 6 heteroatoms. The molecule has 1 amide bonds. The molecular weight excluding hydrogens is 245 g/mol. The van der Waals surface area contributed by atoms with Gasteiger partial charge in [-0.1, -0.05) is 12.1 Å². The molecule has 0 aliphatic heterocycles. The predicted octanol–water partition coefficient (Wildman–Crippen LogP) is 2.34. The number of carbonyl (C=O) groups is 1. The molecule has 1 aromatic rings. The minimum atomic E-state index is -4.14. The molecule has 0 fully saturated rings. The average Bonchev–Trinajstić information content (AvgIpc) is 2.27. The third kappa shape index (κ3) is 5.67. The van der Waals surface area contributed by atoms with Gasteiger partial charge in [0.2, 0.25) is 5.91 Å². The molecule has 1 rings (SSSR count). The number of nitrogens with one attached hydrogen (secondary N) is 2. The maximum Gasteiger partial charge on any atom is 0.389 e. The fourth-order valence-electron chi connectivity index (χ4n) is 1.41. The topological polar surface area (TPSA) is 41.1 Å². The minimum absolute atomic E-state index is 0.0474. The third-order valence-electron chi connectivity index (χ3n) is 2.27. The molecule has 0 bridgehead atoms. The van der Waals surface area contributed by atoms with Crippen LogP contribution < -0.4 is 10.6 Å². The molecule has 0 heterocycles. The highest BCUT2D eigenvalue weighted by atomic mass is 19.4. The van der Waals surface area contributed by atoms with Gasteiger partial charge in [-0.25, -0.2) is 0 Å².